The van der Waals surface area contributed by atoms with Gasteiger partial charge in [-0.2, -0.15) is 18.2 Å². The highest BCUT2D eigenvalue weighted by atomic mass is 35.5. The summed E-state index contributed by atoms with van der Waals surface area (Å²) in [6, 6.07) is 10.4. The van der Waals surface area contributed by atoms with Crippen LogP contribution in [0.3, 0.4) is 0 Å². The van der Waals surface area contributed by atoms with E-state index in [1.165, 1.54) is 6.07 Å². The molecule has 0 radical (unpaired) electrons. The number of hydrogen-bond acceptors (Lipinski definition) is 5. The average Bonchev–Trinajstić information content (AvgIpc) is 3.23. The number of nitrogens with zero attached hydrogens (tertiary/aromatic N) is 3. The number of piperidine rings is 1. The van der Waals surface area contributed by atoms with Gasteiger partial charge >= 0.3 is 6.18 Å². The van der Waals surface area contributed by atoms with E-state index < -0.39 is 16.8 Å². The lowest BCUT2D eigenvalue weighted by Crippen LogP contribution is -2.40. The highest BCUT2D eigenvalue weighted by molar-refractivity contribution is 6.31. The first-order chi connectivity index (χ1) is 15.7. The molecule has 1 aliphatic heterocycles. The van der Waals surface area contributed by atoms with Crippen molar-refractivity contribution in [2.45, 2.75) is 25.6 Å². The molecular formula is C22H19Cl2F3N4O2. The number of alkyl halides is 3. The zero-order valence-electron chi connectivity index (χ0n) is 17.2. The lowest BCUT2D eigenvalue weighted by atomic mass is 9.97. The third-order valence-corrected chi connectivity index (χ3v) is 5.89. The molecule has 33 heavy (non-hydrogen) atoms. The van der Waals surface area contributed by atoms with Crippen molar-refractivity contribution in [3.05, 3.63) is 64.0 Å². The molecule has 6 nitrogen and oxygen atoms in total. The maximum absolute atomic E-state index is 13.1. The smallest absolute Gasteiger partial charge is 0.338 e. The molecule has 1 saturated heterocycles. The van der Waals surface area contributed by atoms with Gasteiger partial charge in [0.05, 0.1) is 23.0 Å². The Bertz CT molecular complexity index is 1150. The summed E-state index contributed by atoms with van der Waals surface area (Å²) in [5.41, 5.74) is -0.203. The van der Waals surface area contributed by atoms with Crippen LogP contribution in [0.1, 0.15) is 24.3 Å². The number of hydrogen-bond donors (Lipinski definition) is 1. The van der Waals surface area contributed by atoms with Gasteiger partial charge < -0.3 is 9.84 Å². The molecule has 1 aliphatic rings. The van der Waals surface area contributed by atoms with E-state index in [1.54, 1.807) is 18.2 Å². The molecule has 174 valence electrons. The third kappa shape index (κ3) is 5.85. The van der Waals surface area contributed by atoms with E-state index in [1.807, 2.05) is 11.0 Å². The fourth-order valence-electron chi connectivity index (χ4n) is 3.73. The first-order valence-corrected chi connectivity index (χ1v) is 10.9. The fraction of sp³-hybridized carbons (Fsp3) is 0.318. The summed E-state index contributed by atoms with van der Waals surface area (Å²) in [5.74, 6) is 0.0833. The van der Waals surface area contributed by atoms with E-state index in [-0.39, 0.29) is 17.5 Å². The summed E-state index contributed by atoms with van der Waals surface area (Å²) in [6.45, 7) is 1.51. The second-order valence-electron chi connectivity index (χ2n) is 7.78. The summed E-state index contributed by atoms with van der Waals surface area (Å²) >= 11 is 11.6. The number of nitrogens with one attached hydrogen (secondary N) is 1. The zero-order valence-corrected chi connectivity index (χ0v) is 18.7. The van der Waals surface area contributed by atoms with Gasteiger partial charge in [-0.15, -0.1) is 0 Å². The van der Waals surface area contributed by atoms with Gasteiger partial charge in [0.25, 0.3) is 0 Å². The second-order valence-corrected chi connectivity index (χ2v) is 8.62. The van der Waals surface area contributed by atoms with Crippen molar-refractivity contribution in [1.29, 1.82) is 0 Å². The van der Waals surface area contributed by atoms with Crippen LogP contribution in [-0.4, -0.2) is 34.0 Å². The second kappa shape index (κ2) is 9.70. The number of carbonyl (C=O) groups is 1. The number of likely N-dealkylation sites (tertiary alicyclic amines) is 1. The first kappa shape index (κ1) is 23.5. The third-order valence-electron chi connectivity index (χ3n) is 5.33. The van der Waals surface area contributed by atoms with Crippen LogP contribution >= 0.6 is 23.2 Å². The molecule has 3 aromatic rings. The van der Waals surface area contributed by atoms with Crippen LogP contribution in [0, 0.1) is 5.92 Å². The number of carbonyl (C=O) groups excluding carboxylic acids is 1. The first-order valence-electron chi connectivity index (χ1n) is 10.2. The molecule has 0 aliphatic carbocycles. The van der Waals surface area contributed by atoms with Gasteiger partial charge in [-0.05, 0) is 49.7 Å². The van der Waals surface area contributed by atoms with Gasteiger partial charge in [-0.3, -0.25) is 9.69 Å². The number of rotatable bonds is 5. The molecule has 0 bridgehead atoms. The number of benzene rings is 2. The molecule has 2 aromatic carbocycles. The standard InChI is InChI=1S/C22H19Cl2F3N4O2/c23-15-5-1-3-13(9-15)20-29-19(33-30-20)12-31-8-2-4-14(11-31)21(32)28-16-6-7-18(24)17(10-16)22(25,26)27/h1,3,5-7,9-10,14H,2,4,8,11-12H2,(H,28,32). The van der Waals surface area contributed by atoms with E-state index in [0.29, 0.717) is 36.2 Å². The Morgan fingerprint density at radius 2 is 2.03 bits per heavy atom. The highest BCUT2D eigenvalue weighted by Gasteiger charge is 2.34. The van der Waals surface area contributed by atoms with Gasteiger partial charge in [0.2, 0.25) is 17.6 Å². The maximum atomic E-state index is 13.1. The molecule has 0 spiro atoms. The van der Waals surface area contributed by atoms with Crippen LogP contribution < -0.4 is 5.32 Å². The minimum absolute atomic E-state index is 0.0527. The van der Waals surface area contributed by atoms with E-state index in [9.17, 15) is 18.0 Å². The van der Waals surface area contributed by atoms with Gasteiger partial charge in [-0.25, -0.2) is 0 Å². The minimum Gasteiger partial charge on any atom is -0.338 e. The lowest BCUT2D eigenvalue weighted by Gasteiger charge is -2.30. The molecule has 11 heteroatoms. The Labute approximate surface area is 197 Å². The number of halogens is 5. The monoisotopic (exact) mass is 498 g/mol. The summed E-state index contributed by atoms with van der Waals surface area (Å²) < 4.78 is 44.6. The van der Waals surface area contributed by atoms with Gasteiger partial charge in [0, 0.05) is 22.8 Å². The van der Waals surface area contributed by atoms with Crippen molar-refractivity contribution in [1.82, 2.24) is 15.0 Å². The molecular weight excluding hydrogens is 480 g/mol. The molecule has 2 heterocycles. The minimum atomic E-state index is -4.60. The van der Waals surface area contributed by atoms with Crippen LogP contribution in [0.2, 0.25) is 10.0 Å². The summed E-state index contributed by atoms with van der Waals surface area (Å²) in [4.78, 5) is 19.1. The Morgan fingerprint density at radius 3 is 2.79 bits per heavy atom. The Hall–Kier alpha value is -2.62. The molecule has 1 atom stereocenters. The van der Waals surface area contributed by atoms with Crippen molar-refractivity contribution in [2.24, 2.45) is 5.92 Å². The number of anilines is 1. The molecule has 1 N–H and O–H groups in total. The van der Waals surface area contributed by atoms with Gasteiger partial charge in [0.1, 0.15) is 0 Å². The predicted molar refractivity (Wildman–Crippen MR) is 118 cm³/mol. The average molecular weight is 499 g/mol. The summed E-state index contributed by atoms with van der Waals surface area (Å²) in [6.07, 6.45) is -3.23. The van der Waals surface area contributed by atoms with Crippen molar-refractivity contribution < 1.29 is 22.5 Å². The SMILES string of the molecule is O=C(Nc1ccc(Cl)c(C(F)(F)F)c1)C1CCCN(Cc2nc(-c3cccc(Cl)c3)no2)C1. The topological polar surface area (TPSA) is 71.3 Å². The predicted octanol–water partition coefficient (Wildman–Crippen LogP) is 5.91. The van der Waals surface area contributed by atoms with Crippen molar-refractivity contribution >= 4 is 34.8 Å². The van der Waals surface area contributed by atoms with Crippen molar-refractivity contribution in [3.63, 3.8) is 0 Å². The normalized spacial score (nSPS) is 17.2. The quantitative estimate of drug-likeness (QED) is 0.473. The Kier molecular flexibility index (Phi) is 6.92. The molecule has 1 unspecified atom stereocenters. The number of aromatic nitrogens is 2. The largest absolute Gasteiger partial charge is 0.417 e. The Morgan fingerprint density at radius 1 is 1.21 bits per heavy atom. The van der Waals surface area contributed by atoms with Crippen LogP contribution in [-0.2, 0) is 17.5 Å². The highest BCUT2D eigenvalue weighted by Crippen LogP contribution is 2.36. The molecule has 0 saturated carbocycles. The van der Waals surface area contributed by atoms with E-state index in [4.69, 9.17) is 27.7 Å². The van der Waals surface area contributed by atoms with Gasteiger partial charge in [0.15, 0.2) is 0 Å². The van der Waals surface area contributed by atoms with E-state index in [2.05, 4.69) is 15.5 Å². The molecule has 1 aromatic heterocycles. The summed E-state index contributed by atoms with van der Waals surface area (Å²) in [5, 5.41) is 6.71. The summed E-state index contributed by atoms with van der Waals surface area (Å²) in [7, 11) is 0. The molecule has 1 fully saturated rings. The van der Waals surface area contributed by atoms with E-state index >= 15 is 0 Å². The molecule has 4 rings (SSSR count). The van der Waals surface area contributed by atoms with Crippen LogP contribution in [0.4, 0.5) is 18.9 Å². The van der Waals surface area contributed by atoms with Crippen LogP contribution in [0.15, 0.2) is 47.0 Å². The van der Waals surface area contributed by atoms with Crippen molar-refractivity contribution in [3.8, 4) is 11.4 Å². The Balaban J connectivity index is 1.38. The van der Waals surface area contributed by atoms with Crippen molar-refractivity contribution in [2.75, 3.05) is 18.4 Å². The lowest BCUT2D eigenvalue weighted by molar-refractivity contribution is -0.137. The van der Waals surface area contributed by atoms with Gasteiger partial charge in [-0.1, -0.05) is 40.5 Å². The van der Waals surface area contributed by atoms with E-state index in [0.717, 1.165) is 30.7 Å². The molecule has 1 amide bonds. The fourth-order valence-corrected chi connectivity index (χ4v) is 4.15. The van der Waals surface area contributed by atoms with Crippen LogP contribution in [0.5, 0.6) is 0 Å². The zero-order chi connectivity index (χ0) is 23.6. The van der Waals surface area contributed by atoms with Crippen LogP contribution in [0.25, 0.3) is 11.4 Å². The number of amides is 1. The maximum Gasteiger partial charge on any atom is 0.417 e.